The van der Waals surface area contributed by atoms with E-state index in [-0.39, 0.29) is 0 Å². The van der Waals surface area contributed by atoms with Crippen molar-refractivity contribution in [1.82, 2.24) is 4.48 Å². The van der Waals surface area contributed by atoms with Gasteiger partial charge in [-0.3, -0.25) is 0 Å². The zero-order valence-electron chi connectivity index (χ0n) is 9.83. The monoisotopic (exact) mass is 258 g/mol. The van der Waals surface area contributed by atoms with E-state index in [9.17, 15) is 8.63 Å². The van der Waals surface area contributed by atoms with Crippen LogP contribution in [-0.4, -0.2) is 22.1 Å². The second kappa shape index (κ2) is 3.35. The van der Waals surface area contributed by atoms with Crippen molar-refractivity contribution in [3.63, 3.8) is 0 Å². The van der Waals surface area contributed by atoms with Crippen LogP contribution in [0.5, 0.6) is 0 Å². The van der Waals surface area contributed by atoms with Crippen molar-refractivity contribution >= 4 is 18.8 Å². The number of rotatable bonds is 1. The Kier molecular flexibility index (Phi) is 1.86. The normalized spacial score (nSPS) is 19.4. The molecule has 0 saturated heterocycles. The van der Waals surface area contributed by atoms with Gasteiger partial charge in [-0.05, 0) is 24.4 Å². The first-order chi connectivity index (χ1) is 9.19. The van der Waals surface area contributed by atoms with E-state index in [1.54, 1.807) is 42.9 Å². The fraction of sp³-hybridized carbons (Fsp3) is 0. The van der Waals surface area contributed by atoms with Crippen LogP contribution in [-0.2, 0) is 0 Å². The molecule has 0 aromatic carbocycles. The molecule has 2 aromatic rings. The van der Waals surface area contributed by atoms with Crippen LogP contribution < -0.4 is 0 Å². The third kappa shape index (κ3) is 1.23. The molecule has 0 N–H and O–H groups in total. The van der Waals surface area contributed by atoms with Gasteiger partial charge in [0.1, 0.15) is 6.21 Å². The topological polar surface area (TPSA) is 21.1 Å². The molecular formula is C13H9BF2N2O. The van der Waals surface area contributed by atoms with Crippen molar-refractivity contribution in [2.75, 3.05) is 0 Å². The summed E-state index contributed by atoms with van der Waals surface area (Å²) < 4.78 is 36.0. The SMILES string of the molecule is F[B-]1(F)n2cccc2C(c2ccoc2)=C2C=CC=[N+]21. The Morgan fingerprint density at radius 1 is 1.26 bits per heavy atom. The van der Waals surface area contributed by atoms with Crippen LogP contribution in [0.15, 0.2) is 59.2 Å². The Labute approximate surface area is 107 Å². The zero-order valence-corrected chi connectivity index (χ0v) is 9.83. The average molecular weight is 258 g/mol. The average Bonchev–Trinajstić information content (AvgIpc) is 3.11. The molecule has 0 radical (unpaired) electrons. The van der Waals surface area contributed by atoms with Gasteiger partial charge in [-0.25, -0.2) is 0 Å². The van der Waals surface area contributed by atoms with Gasteiger partial charge in [0, 0.05) is 23.4 Å². The molecule has 0 aliphatic carbocycles. The van der Waals surface area contributed by atoms with E-state index in [4.69, 9.17) is 4.42 Å². The van der Waals surface area contributed by atoms with Gasteiger partial charge in [0.2, 0.25) is 0 Å². The van der Waals surface area contributed by atoms with Crippen LogP contribution in [0.2, 0.25) is 0 Å². The molecule has 0 spiro atoms. The van der Waals surface area contributed by atoms with Crippen LogP contribution in [0.25, 0.3) is 5.57 Å². The van der Waals surface area contributed by atoms with Crippen LogP contribution >= 0.6 is 0 Å². The first kappa shape index (κ1) is 10.5. The predicted octanol–water partition coefficient (Wildman–Crippen LogP) is 2.73. The highest BCUT2D eigenvalue weighted by Gasteiger charge is 2.51. The third-order valence-corrected chi connectivity index (χ3v) is 3.55. The number of hydrogen-bond acceptors (Lipinski definition) is 1. The van der Waals surface area contributed by atoms with Gasteiger partial charge in [0.15, 0.2) is 5.70 Å². The van der Waals surface area contributed by atoms with E-state index >= 15 is 0 Å². The quantitative estimate of drug-likeness (QED) is 0.720. The standard InChI is InChI=1S/C13H9BF2N2O/c15-14(16)17-6-1-3-11(17)13(10-5-8-19-9-10)12-4-2-7-18(12)14/h1-9H. The highest BCUT2D eigenvalue weighted by Crippen LogP contribution is 2.38. The van der Waals surface area contributed by atoms with Crippen LogP contribution in [0.4, 0.5) is 8.63 Å². The lowest BCUT2D eigenvalue weighted by atomic mass is 9.87. The molecule has 94 valence electrons. The fourth-order valence-electron chi connectivity index (χ4n) is 2.72. The molecule has 2 aliphatic rings. The molecule has 2 aromatic heterocycles. The number of furan rings is 1. The lowest BCUT2D eigenvalue weighted by Crippen LogP contribution is -2.49. The maximum absolute atomic E-state index is 14.4. The Morgan fingerprint density at radius 3 is 2.95 bits per heavy atom. The van der Waals surface area contributed by atoms with E-state index in [2.05, 4.69) is 0 Å². The number of fused-ring (bicyclic) bond motifs is 2. The van der Waals surface area contributed by atoms with Crippen molar-refractivity contribution in [2.45, 2.75) is 0 Å². The minimum Gasteiger partial charge on any atom is -0.472 e. The molecule has 4 heterocycles. The molecule has 0 unspecified atom stereocenters. The summed E-state index contributed by atoms with van der Waals surface area (Å²) in [5.74, 6) is 0. The first-order valence-electron chi connectivity index (χ1n) is 5.96. The van der Waals surface area contributed by atoms with Gasteiger partial charge in [0.25, 0.3) is 0 Å². The van der Waals surface area contributed by atoms with Crippen LogP contribution in [0, 0.1) is 0 Å². The second-order valence-corrected chi connectivity index (χ2v) is 4.58. The summed E-state index contributed by atoms with van der Waals surface area (Å²) in [6.45, 7) is -3.82. The summed E-state index contributed by atoms with van der Waals surface area (Å²) in [6, 6.07) is 5.12. The van der Waals surface area contributed by atoms with E-state index in [1.165, 1.54) is 12.4 Å². The molecule has 0 bridgehead atoms. The third-order valence-electron chi connectivity index (χ3n) is 3.55. The number of halogens is 2. The highest BCUT2D eigenvalue weighted by molar-refractivity contribution is 6.57. The van der Waals surface area contributed by atoms with E-state index in [0.29, 0.717) is 11.4 Å². The van der Waals surface area contributed by atoms with Crippen molar-refractivity contribution in [1.29, 1.82) is 0 Å². The Bertz CT molecular complexity index is 753. The van der Waals surface area contributed by atoms with Gasteiger partial charge < -0.3 is 22.0 Å². The molecule has 0 fully saturated rings. The molecule has 6 heteroatoms. The van der Waals surface area contributed by atoms with Crippen LogP contribution in [0.1, 0.15) is 11.3 Å². The summed E-state index contributed by atoms with van der Waals surface area (Å²) in [4.78, 5) is 0. The molecule has 0 saturated carbocycles. The smallest absolute Gasteiger partial charge is 0.472 e. The lowest BCUT2D eigenvalue weighted by molar-refractivity contribution is -0.356. The molecular weight excluding hydrogens is 249 g/mol. The Hall–Kier alpha value is -2.37. The minimum atomic E-state index is -3.82. The van der Waals surface area contributed by atoms with E-state index < -0.39 is 6.97 Å². The van der Waals surface area contributed by atoms with Gasteiger partial charge in [-0.2, -0.15) is 0 Å². The van der Waals surface area contributed by atoms with Gasteiger partial charge in [0.05, 0.1) is 18.1 Å². The minimum absolute atomic E-state index is 0.512. The van der Waals surface area contributed by atoms with Gasteiger partial charge in [-0.15, -0.1) is 0 Å². The number of hydrogen-bond donors (Lipinski definition) is 0. The van der Waals surface area contributed by atoms with E-state index in [1.807, 2.05) is 0 Å². The Balaban J connectivity index is 2.09. The summed E-state index contributed by atoms with van der Waals surface area (Å²) in [7, 11) is 0. The number of nitrogens with zero attached hydrogens (tertiary/aromatic N) is 2. The number of aromatic nitrogens is 1. The molecule has 4 rings (SSSR count). The molecule has 0 amide bonds. The Morgan fingerprint density at radius 2 is 2.16 bits per heavy atom. The highest BCUT2D eigenvalue weighted by atomic mass is 19.2. The second-order valence-electron chi connectivity index (χ2n) is 4.58. The van der Waals surface area contributed by atoms with Gasteiger partial charge >= 0.3 is 6.97 Å². The maximum Gasteiger partial charge on any atom is 0.737 e. The van der Waals surface area contributed by atoms with Crippen molar-refractivity contribution in [3.05, 3.63) is 66.0 Å². The van der Waals surface area contributed by atoms with Crippen molar-refractivity contribution in [2.24, 2.45) is 0 Å². The summed E-state index contributed by atoms with van der Waals surface area (Å²) >= 11 is 0. The van der Waals surface area contributed by atoms with Gasteiger partial charge in [-0.1, -0.05) is 0 Å². The molecule has 19 heavy (non-hydrogen) atoms. The lowest BCUT2D eigenvalue weighted by Gasteiger charge is -2.30. The fourth-order valence-corrected chi connectivity index (χ4v) is 2.72. The summed E-state index contributed by atoms with van der Waals surface area (Å²) in [6.07, 6.45) is 9.28. The first-order valence-corrected chi connectivity index (χ1v) is 5.96. The predicted molar refractivity (Wildman–Crippen MR) is 68.0 cm³/mol. The van der Waals surface area contributed by atoms with Crippen molar-refractivity contribution < 1.29 is 17.5 Å². The number of allylic oxidation sites excluding steroid dienone is 2. The largest absolute Gasteiger partial charge is 0.737 e. The molecule has 3 nitrogen and oxygen atoms in total. The molecule has 0 atom stereocenters. The van der Waals surface area contributed by atoms with Crippen LogP contribution in [0.3, 0.4) is 0 Å². The summed E-state index contributed by atoms with van der Waals surface area (Å²) in [5, 5.41) is 0. The van der Waals surface area contributed by atoms with E-state index in [0.717, 1.165) is 20.1 Å². The maximum atomic E-state index is 14.4. The summed E-state index contributed by atoms with van der Waals surface area (Å²) in [5.41, 5.74) is 2.58. The van der Waals surface area contributed by atoms with Crippen molar-refractivity contribution in [3.8, 4) is 0 Å². The zero-order chi connectivity index (χ0) is 13.0. The molecule has 2 aliphatic heterocycles.